The van der Waals surface area contributed by atoms with Crippen LogP contribution in [0.4, 0.5) is 11.4 Å². The van der Waals surface area contributed by atoms with Crippen molar-refractivity contribution in [3.05, 3.63) is 41.0 Å². The first-order chi connectivity index (χ1) is 9.42. The normalized spacial score (nSPS) is 14.8. The second-order valence-corrected chi connectivity index (χ2v) is 4.90. The number of carbonyl (C=O) groups excluding carboxylic acids is 1. The van der Waals surface area contributed by atoms with Crippen LogP contribution >= 0.6 is 0 Å². The molecule has 0 bridgehead atoms. The molecule has 104 valence electrons. The third kappa shape index (κ3) is 2.64. The van der Waals surface area contributed by atoms with Gasteiger partial charge in [0.15, 0.2) is 5.78 Å². The standard InChI is InChI=1S/C16H18N2O2/c1-9-7-14(15(20-4)8-13(9)17)18-16-10(2)5-12(19)6-11(16)3/h5-8H,17H2,1-4H3. The highest BCUT2D eigenvalue weighted by molar-refractivity contribution is 6.22. The van der Waals surface area contributed by atoms with Gasteiger partial charge in [0.05, 0.1) is 12.8 Å². The second-order valence-electron chi connectivity index (χ2n) is 4.90. The van der Waals surface area contributed by atoms with E-state index < -0.39 is 0 Å². The van der Waals surface area contributed by atoms with E-state index in [1.807, 2.05) is 26.8 Å². The monoisotopic (exact) mass is 270 g/mol. The van der Waals surface area contributed by atoms with Gasteiger partial charge in [0.25, 0.3) is 0 Å². The van der Waals surface area contributed by atoms with Crippen molar-refractivity contribution in [1.29, 1.82) is 0 Å². The first kappa shape index (κ1) is 14.1. The molecule has 20 heavy (non-hydrogen) atoms. The van der Waals surface area contributed by atoms with Crippen molar-refractivity contribution in [1.82, 2.24) is 0 Å². The molecule has 0 saturated heterocycles. The van der Waals surface area contributed by atoms with Crippen LogP contribution in [0.5, 0.6) is 5.75 Å². The lowest BCUT2D eigenvalue weighted by molar-refractivity contribution is -0.110. The SMILES string of the molecule is COc1cc(N)c(C)cc1N=C1C(C)=CC(=O)C=C1C. The molecule has 2 N–H and O–H groups in total. The number of allylic oxidation sites excluding steroid dienone is 4. The predicted molar refractivity (Wildman–Crippen MR) is 81.8 cm³/mol. The zero-order valence-corrected chi connectivity index (χ0v) is 12.2. The number of hydrogen-bond acceptors (Lipinski definition) is 4. The Balaban J connectivity index is 2.55. The Hall–Kier alpha value is -2.36. The van der Waals surface area contributed by atoms with Crippen molar-refractivity contribution < 1.29 is 9.53 Å². The average molecular weight is 270 g/mol. The summed E-state index contributed by atoms with van der Waals surface area (Å²) in [7, 11) is 1.59. The number of aryl methyl sites for hydroxylation is 1. The van der Waals surface area contributed by atoms with E-state index in [-0.39, 0.29) is 5.78 Å². The van der Waals surface area contributed by atoms with Gasteiger partial charge in [-0.1, -0.05) is 0 Å². The first-order valence-electron chi connectivity index (χ1n) is 6.36. The third-order valence-electron chi connectivity index (χ3n) is 3.26. The Morgan fingerprint density at radius 1 is 1.10 bits per heavy atom. The smallest absolute Gasteiger partial charge is 0.179 e. The van der Waals surface area contributed by atoms with Crippen molar-refractivity contribution in [2.24, 2.45) is 4.99 Å². The Morgan fingerprint density at radius 2 is 1.70 bits per heavy atom. The summed E-state index contributed by atoms with van der Waals surface area (Å²) in [6.45, 7) is 5.68. The van der Waals surface area contributed by atoms with Crippen molar-refractivity contribution in [3.63, 3.8) is 0 Å². The minimum Gasteiger partial charge on any atom is -0.494 e. The summed E-state index contributed by atoms with van der Waals surface area (Å²) < 4.78 is 5.32. The molecule has 1 aromatic carbocycles. The molecule has 4 heteroatoms. The minimum absolute atomic E-state index is 0.000554. The number of rotatable bonds is 2. The summed E-state index contributed by atoms with van der Waals surface area (Å²) in [5, 5.41) is 0. The van der Waals surface area contributed by atoms with Gasteiger partial charge in [0.1, 0.15) is 11.4 Å². The number of hydrogen-bond donors (Lipinski definition) is 1. The van der Waals surface area contributed by atoms with Crippen LogP contribution in [-0.2, 0) is 4.79 Å². The molecule has 0 aliphatic heterocycles. The van der Waals surface area contributed by atoms with Gasteiger partial charge >= 0.3 is 0 Å². The van der Waals surface area contributed by atoms with Crippen LogP contribution in [0.1, 0.15) is 19.4 Å². The molecular weight excluding hydrogens is 252 g/mol. The van der Waals surface area contributed by atoms with Crippen LogP contribution < -0.4 is 10.5 Å². The molecule has 2 rings (SSSR count). The van der Waals surface area contributed by atoms with E-state index in [0.29, 0.717) is 17.1 Å². The number of nitrogens with zero attached hydrogens (tertiary/aromatic N) is 1. The number of carbonyl (C=O) groups is 1. The molecule has 4 nitrogen and oxygen atoms in total. The fourth-order valence-electron chi connectivity index (χ4n) is 2.15. The van der Waals surface area contributed by atoms with Gasteiger partial charge in [0, 0.05) is 11.8 Å². The van der Waals surface area contributed by atoms with E-state index in [4.69, 9.17) is 10.5 Å². The van der Waals surface area contributed by atoms with Gasteiger partial charge in [-0.05, 0) is 55.7 Å². The lowest BCUT2D eigenvalue weighted by Gasteiger charge is -2.14. The minimum atomic E-state index is -0.000554. The maximum Gasteiger partial charge on any atom is 0.179 e. The molecule has 0 heterocycles. The van der Waals surface area contributed by atoms with Gasteiger partial charge in [-0.3, -0.25) is 4.79 Å². The summed E-state index contributed by atoms with van der Waals surface area (Å²) >= 11 is 0. The number of methoxy groups -OCH3 is 1. The highest BCUT2D eigenvalue weighted by Crippen LogP contribution is 2.33. The van der Waals surface area contributed by atoms with Crippen LogP contribution in [0.25, 0.3) is 0 Å². The topological polar surface area (TPSA) is 64.7 Å². The Kier molecular flexibility index (Phi) is 3.74. The fourth-order valence-corrected chi connectivity index (χ4v) is 2.15. The van der Waals surface area contributed by atoms with Crippen LogP contribution in [-0.4, -0.2) is 18.6 Å². The molecule has 1 aromatic rings. The number of nitrogens with two attached hydrogens (primary N) is 1. The van der Waals surface area contributed by atoms with E-state index >= 15 is 0 Å². The molecule has 1 aliphatic carbocycles. The zero-order chi connectivity index (χ0) is 14.9. The number of aliphatic imine (C=N–C) groups is 1. The van der Waals surface area contributed by atoms with E-state index in [1.54, 1.807) is 25.3 Å². The summed E-state index contributed by atoms with van der Waals surface area (Å²) in [6, 6.07) is 3.65. The highest BCUT2D eigenvalue weighted by Gasteiger charge is 2.15. The van der Waals surface area contributed by atoms with E-state index in [0.717, 1.165) is 22.4 Å². The molecule has 0 radical (unpaired) electrons. The lowest BCUT2D eigenvalue weighted by Crippen LogP contribution is -2.10. The van der Waals surface area contributed by atoms with Crippen molar-refractivity contribution in [2.75, 3.05) is 12.8 Å². The summed E-state index contributed by atoms with van der Waals surface area (Å²) in [4.78, 5) is 16.1. The lowest BCUT2D eigenvalue weighted by atomic mass is 9.97. The molecule has 0 unspecified atom stereocenters. The number of ether oxygens (including phenoxy) is 1. The Bertz CT molecular complexity index is 643. The van der Waals surface area contributed by atoms with Crippen molar-refractivity contribution in [3.8, 4) is 5.75 Å². The van der Waals surface area contributed by atoms with Crippen LogP contribution in [0.15, 0.2) is 40.4 Å². The van der Waals surface area contributed by atoms with Crippen LogP contribution in [0, 0.1) is 6.92 Å². The first-order valence-corrected chi connectivity index (χ1v) is 6.36. The Labute approximate surface area is 118 Å². The van der Waals surface area contributed by atoms with Crippen LogP contribution in [0.3, 0.4) is 0 Å². The van der Waals surface area contributed by atoms with Gasteiger partial charge in [0.2, 0.25) is 0 Å². The number of anilines is 1. The maximum absolute atomic E-state index is 11.5. The number of ketones is 1. The highest BCUT2D eigenvalue weighted by atomic mass is 16.5. The van der Waals surface area contributed by atoms with Gasteiger partial charge in [-0.2, -0.15) is 0 Å². The quantitative estimate of drug-likeness (QED) is 0.663. The maximum atomic E-state index is 11.5. The molecule has 0 atom stereocenters. The third-order valence-corrected chi connectivity index (χ3v) is 3.26. The molecule has 0 amide bonds. The van der Waals surface area contributed by atoms with Crippen LogP contribution in [0.2, 0.25) is 0 Å². The average Bonchev–Trinajstić information content (AvgIpc) is 2.37. The van der Waals surface area contributed by atoms with E-state index in [2.05, 4.69) is 4.99 Å². The summed E-state index contributed by atoms with van der Waals surface area (Å²) in [5.74, 6) is 0.623. The van der Waals surface area contributed by atoms with Gasteiger partial charge in [-0.25, -0.2) is 4.99 Å². The molecule has 1 aliphatic rings. The van der Waals surface area contributed by atoms with Gasteiger partial charge in [-0.15, -0.1) is 0 Å². The second kappa shape index (κ2) is 5.33. The van der Waals surface area contributed by atoms with Gasteiger partial charge < -0.3 is 10.5 Å². The number of benzene rings is 1. The summed E-state index contributed by atoms with van der Waals surface area (Å²) in [6.07, 6.45) is 3.17. The molecule has 0 aromatic heterocycles. The molecular formula is C16H18N2O2. The van der Waals surface area contributed by atoms with E-state index in [9.17, 15) is 4.79 Å². The Morgan fingerprint density at radius 3 is 2.25 bits per heavy atom. The van der Waals surface area contributed by atoms with E-state index in [1.165, 1.54) is 0 Å². The largest absolute Gasteiger partial charge is 0.494 e. The van der Waals surface area contributed by atoms with Crippen molar-refractivity contribution >= 4 is 22.9 Å². The number of nitrogen functional groups attached to an aromatic ring is 1. The summed E-state index contributed by atoms with van der Waals surface area (Å²) in [5.41, 5.74) is 10.7. The molecule has 0 saturated carbocycles. The molecule has 0 fully saturated rings. The molecule has 0 spiro atoms. The van der Waals surface area contributed by atoms with Crippen molar-refractivity contribution in [2.45, 2.75) is 20.8 Å². The zero-order valence-electron chi connectivity index (χ0n) is 12.2. The fraction of sp³-hybridized carbons (Fsp3) is 0.250. The predicted octanol–water partition coefficient (Wildman–Crippen LogP) is 3.13.